The average molecular weight is 778 g/mol. The van der Waals surface area contributed by atoms with Crippen molar-refractivity contribution < 1.29 is 0 Å². The Kier molecular flexibility index (Phi) is 8.77. The molecule has 0 saturated carbocycles. The molecule has 0 amide bonds. The van der Waals surface area contributed by atoms with E-state index >= 15 is 0 Å². The van der Waals surface area contributed by atoms with Gasteiger partial charge in [-0.3, -0.25) is 9.80 Å². The van der Waals surface area contributed by atoms with Crippen molar-refractivity contribution in [2.75, 3.05) is 32.7 Å². The van der Waals surface area contributed by atoms with Crippen LogP contribution in [0.5, 0.6) is 0 Å². The summed E-state index contributed by atoms with van der Waals surface area (Å²) in [5.74, 6) is 1.83. The summed E-state index contributed by atoms with van der Waals surface area (Å²) in [5.41, 5.74) is 14.5. The molecule has 0 atom stereocenters. The van der Waals surface area contributed by atoms with Crippen LogP contribution in [0.4, 0.5) is 57.1 Å². The van der Waals surface area contributed by atoms with Gasteiger partial charge in [-0.05, 0) is 119 Å². The summed E-state index contributed by atoms with van der Waals surface area (Å²) in [6.07, 6.45) is 3.69. The maximum Gasteiger partial charge on any atom is 0.254 e. The highest BCUT2D eigenvalue weighted by atomic mass is 15.3. The number of fused-ring (bicyclic) bond motifs is 5. The van der Waals surface area contributed by atoms with Crippen molar-refractivity contribution in [3.63, 3.8) is 0 Å². The van der Waals surface area contributed by atoms with Crippen LogP contribution in [-0.2, 0) is 5.41 Å². The molecule has 3 aliphatic rings. The van der Waals surface area contributed by atoms with E-state index < -0.39 is 0 Å². The molecular formula is C54H48BN5. The Labute approximate surface area is 354 Å². The third kappa shape index (κ3) is 6.04. The molecule has 1 fully saturated rings. The van der Waals surface area contributed by atoms with Crippen LogP contribution in [0.1, 0.15) is 45.6 Å². The number of para-hydroxylation sites is 3. The molecule has 3 aliphatic heterocycles. The van der Waals surface area contributed by atoms with E-state index in [0.29, 0.717) is 0 Å². The first-order valence-corrected chi connectivity index (χ1v) is 21.5. The van der Waals surface area contributed by atoms with Gasteiger partial charge in [0.25, 0.3) is 6.71 Å². The molecule has 0 unspecified atom stereocenters. The molecule has 1 saturated heterocycles. The lowest BCUT2D eigenvalue weighted by atomic mass is 9.33. The highest BCUT2D eigenvalue weighted by Gasteiger charge is 2.44. The van der Waals surface area contributed by atoms with Crippen molar-refractivity contribution in [2.45, 2.75) is 45.4 Å². The number of aromatic nitrogens is 1. The molecule has 0 radical (unpaired) electrons. The molecule has 11 rings (SSSR count). The van der Waals surface area contributed by atoms with Gasteiger partial charge in [0.2, 0.25) is 0 Å². The van der Waals surface area contributed by atoms with Gasteiger partial charge in [-0.1, -0.05) is 130 Å². The van der Waals surface area contributed by atoms with Gasteiger partial charge in [0.05, 0.1) is 5.69 Å². The molecule has 4 heterocycles. The molecule has 7 aromatic carbocycles. The Bertz CT molecular complexity index is 2860. The van der Waals surface area contributed by atoms with Gasteiger partial charge in [-0.25, -0.2) is 4.98 Å². The van der Waals surface area contributed by atoms with Crippen molar-refractivity contribution in [2.24, 2.45) is 0 Å². The molecular weight excluding hydrogens is 729 g/mol. The summed E-state index contributed by atoms with van der Waals surface area (Å²) in [6, 6.07) is 64.7. The van der Waals surface area contributed by atoms with Gasteiger partial charge in [0.15, 0.2) is 0 Å². The van der Waals surface area contributed by atoms with E-state index in [1.807, 2.05) is 0 Å². The fourth-order valence-electron chi connectivity index (χ4n) is 9.85. The smallest absolute Gasteiger partial charge is 0.254 e. The number of pyridine rings is 1. The van der Waals surface area contributed by atoms with Gasteiger partial charge in [-0.2, -0.15) is 0 Å². The Balaban J connectivity index is 1.19. The maximum absolute atomic E-state index is 5.87. The quantitative estimate of drug-likeness (QED) is 0.157. The SMILES string of the molecule is CC(C)(C)c1ccc(N(c2ccc3c(n2)N(c2ccccc2)c2cc(N4CCCCC4)cc4c2B3c2ccccc2N4c2ccccc2)c2cccc3ccccc23)cc1. The molecule has 292 valence electrons. The van der Waals surface area contributed by atoms with Crippen molar-refractivity contribution in [3.05, 3.63) is 181 Å². The zero-order valence-corrected chi connectivity index (χ0v) is 34.6. The molecule has 0 N–H and O–H groups in total. The number of nitrogens with zero attached hydrogens (tertiary/aromatic N) is 5. The lowest BCUT2D eigenvalue weighted by molar-refractivity contribution is 0.578. The van der Waals surface area contributed by atoms with Crippen LogP contribution in [0, 0.1) is 0 Å². The third-order valence-corrected chi connectivity index (χ3v) is 12.8. The molecule has 0 aliphatic carbocycles. The summed E-state index contributed by atoms with van der Waals surface area (Å²) in [5, 5.41) is 2.38. The minimum atomic E-state index is -0.0184. The van der Waals surface area contributed by atoms with E-state index in [0.717, 1.165) is 47.5 Å². The van der Waals surface area contributed by atoms with Crippen molar-refractivity contribution in [1.82, 2.24) is 4.98 Å². The van der Waals surface area contributed by atoms with Crippen molar-refractivity contribution in [1.29, 1.82) is 0 Å². The average Bonchev–Trinajstić information content (AvgIpc) is 3.29. The first-order chi connectivity index (χ1) is 29.4. The van der Waals surface area contributed by atoms with E-state index in [-0.39, 0.29) is 12.1 Å². The fraction of sp³-hybridized carbons (Fsp3) is 0.167. The predicted octanol–water partition coefficient (Wildman–Crippen LogP) is 12.1. The number of benzene rings is 7. The number of hydrogen-bond donors (Lipinski definition) is 0. The van der Waals surface area contributed by atoms with E-state index in [9.17, 15) is 0 Å². The van der Waals surface area contributed by atoms with Crippen molar-refractivity contribution in [3.8, 4) is 0 Å². The third-order valence-electron chi connectivity index (χ3n) is 12.8. The molecule has 1 aromatic heterocycles. The molecule has 0 spiro atoms. The minimum Gasteiger partial charge on any atom is -0.371 e. The van der Waals surface area contributed by atoms with E-state index in [4.69, 9.17) is 4.98 Å². The van der Waals surface area contributed by atoms with Gasteiger partial charge in [0, 0.05) is 58.3 Å². The van der Waals surface area contributed by atoms with E-state index in [1.165, 1.54) is 74.7 Å². The van der Waals surface area contributed by atoms with Gasteiger partial charge >= 0.3 is 0 Å². The largest absolute Gasteiger partial charge is 0.371 e. The normalized spacial score (nSPS) is 14.4. The van der Waals surface area contributed by atoms with Gasteiger partial charge in [-0.15, -0.1) is 0 Å². The standard InChI is InChI=1S/C54H48BN5/c1-54(2,3)39-28-30-42(31-29-39)59(47-27-17-19-38-18-11-12-24-44(38)47)51-33-32-46-53(56-51)60(41-22-9-5-10-23-41)50-37-43(57-34-15-6-16-35-57)36-49-52(50)55(46)45-25-13-14-26-48(45)58(49)40-20-7-4-8-21-40/h4-5,7-14,17-33,36-37H,6,15-16,34-35H2,1-3H3. The number of anilines is 10. The summed E-state index contributed by atoms with van der Waals surface area (Å²) in [7, 11) is 0. The van der Waals surface area contributed by atoms with Gasteiger partial charge < -0.3 is 9.80 Å². The van der Waals surface area contributed by atoms with Crippen LogP contribution in [0.3, 0.4) is 0 Å². The topological polar surface area (TPSA) is 25.9 Å². The molecule has 0 bridgehead atoms. The second-order valence-electron chi connectivity index (χ2n) is 17.5. The van der Waals surface area contributed by atoms with Crippen LogP contribution >= 0.6 is 0 Å². The van der Waals surface area contributed by atoms with Crippen LogP contribution in [0.15, 0.2) is 176 Å². The zero-order valence-electron chi connectivity index (χ0n) is 34.6. The van der Waals surface area contributed by atoms with Crippen LogP contribution < -0.4 is 36.0 Å². The zero-order chi connectivity index (χ0) is 40.4. The number of rotatable bonds is 6. The molecule has 60 heavy (non-hydrogen) atoms. The van der Waals surface area contributed by atoms with Crippen molar-refractivity contribution >= 4 is 91.0 Å². The minimum absolute atomic E-state index is 0.0184. The monoisotopic (exact) mass is 777 g/mol. The Morgan fingerprint density at radius 1 is 0.533 bits per heavy atom. The summed E-state index contributed by atoms with van der Waals surface area (Å²) in [4.78, 5) is 15.8. The molecule has 6 heteroatoms. The number of piperidine rings is 1. The highest BCUT2D eigenvalue weighted by molar-refractivity contribution is 7.00. The van der Waals surface area contributed by atoms with E-state index in [2.05, 4.69) is 216 Å². The van der Waals surface area contributed by atoms with Gasteiger partial charge in [0.1, 0.15) is 11.6 Å². The second-order valence-corrected chi connectivity index (χ2v) is 17.5. The number of hydrogen-bond acceptors (Lipinski definition) is 5. The first-order valence-electron chi connectivity index (χ1n) is 21.5. The summed E-state index contributed by atoms with van der Waals surface area (Å²) >= 11 is 0. The summed E-state index contributed by atoms with van der Waals surface area (Å²) < 4.78 is 0. The Morgan fingerprint density at radius 2 is 1.17 bits per heavy atom. The summed E-state index contributed by atoms with van der Waals surface area (Å²) in [6.45, 7) is 8.92. The lowest BCUT2D eigenvalue weighted by Crippen LogP contribution is -2.61. The molecule has 5 nitrogen and oxygen atoms in total. The van der Waals surface area contributed by atoms with E-state index in [1.54, 1.807) is 0 Å². The van der Waals surface area contributed by atoms with Crippen LogP contribution in [0.25, 0.3) is 10.8 Å². The van der Waals surface area contributed by atoms with Crippen LogP contribution in [-0.4, -0.2) is 24.8 Å². The molecule has 8 aromatic rings. The maximum atomic E-state index is 5.87. The lowest BCUT2D eigenvalue weighted by Gasteiger charge is -2.44. The second kappa shape index (κ2) is 14.5. The highest BCUT2D eigenvalue weighted by Crippen LogP contribution is 2.47. The Morgan fingerprint density at radius 3 is 1.90 bits per heavy atom. The fourth-order valence-corrected chi connectivity index (χ4v) is 9.85. The first kappa shape index (κ1) is 36.3. The predicted molar refractivity (Wildman–Crippen MR) is 255 cm³/mol. The Hall–Kier alpha value is -6.79. The van der Waals surface area contributed by atoms with Crippen LogP contribution in [0.2, 0.25) is 0 Å².